The molecule has 4 amide bonds. The van der Waals surface area contributed by atoms with Crippen LogP contribution in [0.25, 0.3) is 0 Å². The van der Waals surface area contributed by atoms with E-state index in [1.54, 1.807) is 39.2 Å². The van der Waals surface area contributed by atoms with Crippen LogP contribution in [0.2, 0.25) is 0 Å². The number of likely N-dealkylation sites (N-methyl/N-ethyl adjacent to an activating group) is 1. The average molecular weight is 1280 g/mol. The molecule has 3 aliphatic heterocycles. The monoisotopic (exact) mass is 1280 g/mol. The van der Waals surface area contributed by atoms with Crippen molar-refractivity contribution in [1.82, 2.24) is 75.7 Å². The molecule has 36 heteroatoms. The van der Waals surface area contributed by atoms with E-state index >= 15 is 0 Å². The fraction of sp³-hybridized carbons (Fsp3) is 0.792. The summed E-state index contributed by atoms with van der Waals surface area (Å²) in [6.45, 7) is 10.4. The van der Waals surface area contributed by atoms with Gasteiger partial charge in [0, 0.05) is 177 Å². The van der Waals surface area contributed by atoms with Gasteiger partial charge < -0.3 is 81.4 Å². The number of nitrogens with zero attached hydrogens (tertiary/aromatic N) is 10. The van der Waals surface area contributed by atoms with Crippen molar-refractivity contribution in [1.29, 1.82) is 0 Å². The number of aliphatic carboxylic acids is 7. The Balaban J connectivity index is 0.000000702. The maximum Gasteiger partial charge on any atom is 0.317 e. The van der Waals surface area contributed by atoms with Crippen LogP contribution in [0.15, 0.2) is 0 Å². The van der Waals surface area contributed by atoms with Gasteiger partial charge in [-0.2, -0.15) is 0 Å². The molecule has 0 aromatic carbocycles. The zero-order valence-corrected chi connectivity index (χ0v) is 51.4. The Morgan fingerprint density at radius 3 is 0.876 bits per heavy atom. The van der Waals surface area contributed by atoms with Crippen molar-refractivity contribution in [3.05, 3.63) is 0 Å². The third-order valence-electron chi connectivity index (χ3n) is 14.0. The lowest BCUT2D eigenvalue weighted by atomic mass is 10.2. The normalized spacial score (nSPS) is 18.1. The first-order chi connectivity index (χ1) is 42.4. The molecule has 12 N–H and O–H groups in total. The number of rotatable bonds is 31. The fourth-order valence-corrected chi connectivity index (χ4v) is 9.45. The van der Waals surface area contributed by atoms with Crippen LogP contribution in [0.1, 0.15) is 39.0 Å². The topological polar surface area (TPSA) is 486 Å². The Bertz CT molecular complexity index is 2060. The van der Waals surface area contributed by atoms with Crippen molar-refractivity contribution in [3.8, 4) is 0 Å². The Labute approximate surface area is 519 Å². The molecule has 3 aliphatic rings. The molecule has 89 heavy (non-hydrogen) atoms. The van der Waals surface area contributed by atoms with E-state index in [1.165, 1.54) is 0 Å². The Morgan fingerprint density at radius 1 is 0.360 bits per heavy atom. The van der Waals surface area contributed by atoms with E-state index in [0.717, 1.165) is 38.9 Å². The van der Waals surface area contributed by atoms with Crippen LogP contribution < -0.4 is 48.0 Å². The predicted molar refractivity (Wildman–Crippen MR) is 311 cm³/mol. The summed E-state index contributed by atoms with van der Waals surface area (Å²) in [6.07, 6.45) is 3.85. The molecule has 3 fully saturated rings. The van der Waals surface area contributed by atoms with E-state index in [4.69, 9.17) is 16.2 Å². The molecular formula is C53H97N16O20-3. The number of nitrogens with two attached hydrogens (primary N) is 1. The minimum absolute atomic E-state index is 0.00695. The average Bonchev–Trinajstić information content (AvgIpc) is 3.75. The highest BCUT2D eigenvalue weighted by Crippen LogP contribution is 2.07. The molecule has 3 saturated heterocycles. The van der Waals surface area contributed by atoms with E-state index in [0.29, 0.717) is 85.0 Å². The summed E-state index contributed by atoms with van der Waals surface area (Å²) in [4.78, 5) is 148. The summed E-state index contributed by atoms with van der Waals surface area (Å²) >= 11 is 0. The van der Waals surface area contributed by atoms with E-state index < -0.39 is 41.8 Å². The van der Waals surface area contributed by atoms with Crippen LogP contribution in [0, 0.1) is 0 Å². The molecule has 0 spiro atoms. The van der Waals surface area contributed by atoms with Crippen LogP contribution in [0.4, 0.5) is 0 Å². The number of amides is 4. The SMILES string of the molecule is CCNC(=O)CN1CCCCCN(CC(=O)[O-])CC1.NOCCCC(=O)NCCNC(=O)CN1CCN(CC(=O)[O-])CCN(CC(=O)O)CCN(CC(=O)O)CC1.O=C([O-])CN1CCN(CC(=O)O)CCN(CC(=O)O)CCN(CC(=O)NCCNO)CC1. The highest BCUT2D eigenvalue weighted by Gasteiger charge is 2.23. The number of hydroxylamine groups is 1. The summed E-state index contributed by atoms with van der Waals surface area (Å²) < 4.78 is 0. The lowest BCUT2D eigenvalue weighted by molar-refractivity contribution is -0.307. The van der Waals surface area contributed by atoms with Gasteiger partial charge in [0.15, 0.2) is 0 Å². The molecular weight excluding hydrogens is 1180 g/mol. The zero-order valence-electron chi connectivity index (χ0n) is 51.4. The number of hydrogen-bond acceptors (Lipinski definition) is 28. The lowest BCUT2D eigenvalue weighted by Gasteiger charge is -2.33. The maximum atomic E-state index is 12.5. The van der Waals surface area contributed by atoms with Gasteiger partial charge in [-0.1, -0.05) is 6.42 Å². The highest BCUT2D eigenvalue weighted by atomic mass is 16.6. The van der Waals surface area contributed by atoms with Crippen molar-refractivity contribution < 1.29 is 98.5 Å². The molecule has 0 aromatic rings. The van der Waals surface area contributed by atoms with Gasteiger partial charge in [-0.25, -0.2) is 11.4 Å². The van der Waals surface area contributed by atoms with Gasteiger partial charge in [0.05, 0.1) is 70.3 Å². The molecule has 0 aromatic heterocycles. The van der Waals surface area contributed by atoms with Crippen molar-refractivity contribution in [3.63, 3.8) is 0 Å². The molecule has 3 rings (SSSR count). The van der Waals surface area contributed by atoms with Crippen molar-refractivity contribution in [2.75, 3.05) is 236 Å². The number of carbonyl (C=O) groups excluding carboxylic acids is 7. The largest absolute Gasteiger partial charge is 0.549 e. The Hall–Kier alpha value is -6.39. The number of carbonyl (C=O) groups is 11. The third kappa shape index (κ3) is 45.5. The summed E-state index contributed by atoms with van der Waals surface area (Å²) in [5.74, 6) is -3.47. The van der Waals surface area contributed by atoms with E-state index in [9.17, 15) is 83.4 Å². The summed E-state index contributed by atoms with van der Waals surface area (Å²) in [6, 6.07) is 0. The van der Waals surface area contributed by atoms with E-state index in [-0.39, 0.29) is 168 Å². The van der Waals surface area contributed by atoms with Crippen LogP contribution in [0.5, 0.6) is 0 Å². The molecule has 512 valence electrons. The quantitative estimate of drug-likeness (QED) is 0.0227. The standard InChI is InChI=1S/C22H41N7O9.C18H34N6O8.C13H25N3O3/c23-38-13-1-2-18(30)24-3-4-25-19(31)14-26-5-7-27(15-20(32)33)9-11-29(17-22(36)37)12-10-28(8-6-26)16-21(34)35;25-15(19-1-2-20-32)11-21-3-5-22(12-16(26)27)7-9-24(14-18(30)31)10-8-23(6-4-21)13-17(28)29;1-2-14-12(17)10-15-6-4-3-5-7-16(9-8-15)11-13(18)19/h1-17,23H2,(H,24,30)(H,25,31)(H,32,33)(H,34,35)(H,36,37);20,32H,1-14H2,(H,19,25)(H,26,27)(H,28,29)(H,30,31);2-11H2,1H3,(H,14,17)(H,18,19)/p-3. The summed E-state index contributed by atoms with van der Waals surface area (Å²) in [5.41, 5.74) is 1.94. The third-order valence-corrected chi connectivity index (χ3v) is 14.0. The maximum absolute atomic E-state index is 12.5. The van der Waals surface area contributed by atoms with Crippen molar-refractivity contribution in [2.24, 2.45) is 5.90 Å². The summed E-state index contributed by atoms with van der Waals surface area (Å²) in [7, 11) is 0. The van der Waals surface area contributed by atoms with Gasteiger partial charge in [-0.3, -0.25) is 87.4 Å². The minimum atomic E-state index is -1.27. The molecule has 36 nitrogen and oxygen atoms in total. The van der Waals surface area contributed by atoms with Crippen LogP contribution in [-0.2, 0) is 57.6 Å². The van der Waals surface area contributed by atoms with E-state index in [1.807, 2.05) is 17.3 Å². The molecule has 0 aliphatic carbocycles. The molecule has 0 atom stereocenters. The molecule has 3 heterocycles. The Morgan fingerprint density at radius 2 is 0.607 bits per heavy atom. The number of carboxylic acids is 7. The second kappa shape index (κ2) is 49.4. The lowest BCUT2D eigenvalue weighted by Crippen LogP contribution is -2.50. The van der Waals surface area contributed by atoms with Crippen LogP contribution in [0.3, 0.4) is 0 Å². The molecule has 0 unspecified atom stereocenters. The second-order valence-corrected chi connectivity index (χ2v) is 21.4. The van der Waals surface area contributed by atoms with Gasteiger partial charge in [-0.05, 0) is 39.3 Å². The number of nitrogens with one attached hydrogen (secondary N) is 5. The van der Waals surface area contributed by atoms with Gasteiger partial charge in [-0.15, -0.1) is 0 Å². The zero-order chi connectivity index (χ0) is 66.4. The first-order valence-corrected chi connectivity index (χ1v) is 29.9. The predicted octanol–water partition coefficient (Wildman–Crippen LogP) is -11.1. The van der Waals surface area contributed by atoms with Gasteiger partial charge in [0.1, 0.15) is 0 Å². The van der Waals surface area contributed by atoms with Gasteiger partial charge >= 0.3 is 23.9 Å². The second-order valence-electron chi connectivity index (χ2n) is 21.4. The number of hydrogen-bond donors (Lipinski definition) is 11. The first kappa shape index (κ1) is 80.6. The van der Waals surface area contributed by atoms with Gasteiger partial charge in [0.2, 0.25) is 23.6 Å². The molecule has 0 saturated carbocycles. The fourth-order valence-electron chi connectivity index (χ4n) is 9.45. The summed E-state index contributed by atoms with van der Waals surface area (Å²) in [5, 5.41) is 89.3. The van der Waals surface area contributed by atoms with Crippen molar-refractivity contribution >= 4 is 65.4 Å². The van der Waals surface area contributed by atoms with Crippen LogP contribution in [-0.4, -0.2) is 376 Å². The smallest absolute Gasteiger partial charge is 0.317 e. The van der Waals surface area contributed by atoms with Crippen molar-refractivity contribution in [2.45, 2.75) is 39.0 Å². The van der Waals surface area contributed by atoms with Crippen LogP contribution >= 0.6 is 0 Å². The van der Waals surface area contributed by atoms with E-state index in [2.05, 4.69) is 31.0 Å². The molecule has 0 radical (unpaired) electrons. The molecule has 0 bridgehead atoms. The highest BCUT2D eigenvalue weighted by molar-refractivity contribution is 5.79. The first-order valence-electron chi connectivity index (χ1n) is 29.9. The van der Waals surface area contributed by atoms with Gasteiger partial charge in [0.25, 0.3) is 0 Å². The Kier molecular flexibility index (Phi) is 44.7. The minimum Gasteiger partial charge on any atom is -0.549 e. The number of carboxylic acid groups (broad SMARTS) is 7.